The highest BCUT2D eigenvalue weighted by atomic mass is 16.2. The van der Waals surface area contributed by atoms with Crippen molar-refractivity contribution in [2.45, 2.75) is 38.1 Å². The molecule has 1 saturated carbocycles. The van der Waals surface area contributed by atoms with Crippen molar-refractivity contribution in [2.75, 3.05) is 0 Å². The van der Waals surface area contributed by atoms with E-state index in [0.717, 1.165) is 43.1 Å². The van der Waals surface area contributed by atoms with Crippen LogP contribution in [0.1, 0.15) is 58.5 Å². The van der Waals surface area contributed by atoms with Crippen molar-refractivity contribution in [3.05, 3.63) is 41.1 Å². The maximum Gasteiger partial charge on any atom is 0.278 e. The molecule has 0 spiro atoms. The van der Waals surface area contributed by atoms with Gasteiger partial charge in [-0.15, -0.1) is 0 Å². The molecular weight excluding hydrogens is 316 g/mol. The summed E-state index contributed by atoms with van der Waals surface area (Å²) in [7, 11) is 0. The molecule has 3 aromatic rings. The summed E-state index contributed by atoms with van der Waals surface area (Å²) in [5.41, 5.74) is 3.03. The predicted molar refractivity (Wildman–Crippen MR) is 91.3 cm³/mol. The number of benzene rings is 1. The van der Waals surface area contributed by atoms with E-state index in [9.17, 15) is 14.9 Å². The van der Waals surface area contributed by atoms with Crippen molar-refractivity contribution in [3.8, 4) is 6.07 Å². The molecule has 1 aliphatic heterocycles. The molecule has 0 saturated heterocycles. The first-order chi connectivity index (χ1) is 12.2. The number of para-hydroxylation sites is 2. The first kappa shape index (κ1) is 14.3. The van der Waals surface area contributed by atoms with E-state index in [2.05, 4.69) is 11.1 Å². The van der Waals surface area contributed by atoms with Crippen LogP contribution >= 0.6 is 0 Å². The van der Waals surface area contributed by atoms with E-state index in [4.69, 9.17) is 0 Å². The van der Waals surface area contributed by atoms with E-state index in [1.165, 1.54) is 4.90 Å². The van der Waals surface area contributed by atoms with Crippen LogP contribution in [0, 0.1) is 11.3 Å². The second-order valence-electron chi connectivity index (χ2n) is 6.81. The standard InChI is InChI=1S/C19H16N4O2/c20-10-12-15-16(23-14-9-5-4-8-13(14)21-17(12)23)19(25)22(18(15)24)11-6-2-1-3-7-11/h4-5,8-9,11,21H,1-3,6-7H2. The number of imidazole rings is 1. The Labute approximate surface area is 143 Å². The molecule has 25 heavy (non-hydrogen) atoms. The third kappa shape index (κ3) is 1.73. The van der Waals surface area contributed by atoms with Gasteiger partial charge in [-0.25, -0.2) is 0 Å². The zero-order valence-electron chi connectivity index (χ0n) is 13.6. The molecular formula is C19H16N4O2. The lowest BCUT2D eigenvalue weighted by atomic mass is 9.94. The third-order valence-electron chi connectivity index (χ3n) is 5.47. The molecule has 0 bridgehead atoms. The van der Waals surface area contributed by atoms with Crippen LogP contribution in [0.2, 0.25) is 0 Å². The lowest BCUT2D eigenvalue weighted by molar-refractivity contribution is 0.0546. The predicted octanol–water partition coefficient (Wildman–Crippen LogP) is 3.22. The zero-order valence-corrected chi connectivity index (χ0v) is 13.6. The average molecular weight is 332 g/mol. The highest BCUT2D eigenvalue weighted by molar-refractivity contribution is 6.24. The number of aromatic nitrogens is 2. The summed E-state index contributed by atoms with van der Waals surface area (Å²) in [6.45, 7) is 0. The van der Waals surface area contributed by atoms with Crippen LogP contribution in [-0.4, -0.2) is 32.1 Å². The number of hydrogen-bond acceptors (Lipinski definition) is 3. The van der Waals surface area contributed by atoms with Crippen LogP contribution in [0.5, 0.6) is 0 Å². The number of nitriles is 1. The summed E-state index contributed by atoms with van der Waals surface area (Å²) in [4.78, 5) is 30.8. The molecule has 1 N–H and O–H groups in total. The summed E-state index contributed by atoms with van der Waals surface area (Å²) in [6, 6.07) is 9.65. The molecule has 124 valence electrons. The SMILES string of the molecule is N#Cc1c2c(n3c1[nH]c1ccccc13)C(=O)N(C1CCCCC1)C2=O. The fourth-order valence-electron chi connectivity index (χ4n) is 4.35. The van der Waals surface area contributed by atoms with E-state index in [1.807, 2.05) is 24.3 Å². The van der Waals surface area contributed by atoms with Gasteiger partial charge in [0.25, 0.3) is 11.8 Å². The molecule has 1 fully saturated rings. The van der Waals surface area contributed by atoms with Crippen LogP contribution in [-0.2, 0) is 0 Å². The zero-order chi connectivity index (χ0) is 17.1. The van der Waals surface area contributed by atoms with E-state index in [0.29, 0.717) is 11.3 Å². The fourth-order valence-corrected chi connectivity index (χ4v) is 4.35. The van der Waals surface area contributed by atoms with Gasteiger partial charge >= 0.3 is 0 Å². The van der Waals surface area contributed by atoms with Crippen molar-refractivity contribution >= 4 is 28.5 Å². The molecule has 0 radical (unpaired) electrons. The maximum atomic E-state index is 13.2. The number of aromatic amines is 1. The molecule has 0 atom stereocenters. The molecule has 1 aromatic carbocycles. The van der Waals surface area contributed by atoms with Crippen LogP contribution in [0.3, 0.4) is 0 Å². The number of nitrogens with zero attached hydrogens (tertiary/aromatic N) is 3. The van der Waals surface area contributed by atoms with Gasteiger partial charge in [-0.05, 0) is 25.0 Å². The summed E-state index contributed by atoms with van der Waals surface area (Å²) >= 11 is 0. The van der Waals surface area contributed by atoms with Crippen molar-refractivity contribution in [1.82, 2.24) is 14.3 Å². The molecule has 0 unspecified atom stereocenters. The minimum absolute atomic E-state index is 0.0476. The Morgan fingerprint density at radius 1 is 1.08 bits per heavy atom. The monoisotopic (exact) mass is 332 g/mol. The molecule has 6 heteroatoms. The lowest BCUT2D eigenvalue weighted by Gasteiger charge is -2.29. The quantitative estimate of drug-likeness (QED) is 0.695. The topological polar surface area (TPSA) is 81.4 Å². The number of imide groups is 1. The molecule has 5 rings (SSSR count). The van der Waals surface area contributed by atoms with Gasteiger partial charge in [0.2, 0.25) is 0 Å². The molecule has 3 heterocycles. The molecule has 2 aliphatic rings. The Hall–Kier alpha value is -3.07. The number of rotatable bonds is 1. The van der Waals surface area contributed by atoms with Crippen molar-refractivity contribution in [1.29, 1.82) is 5.26 Å². The normalized spacial score (nSPS) is 18.3. The van der Waals surface area contributed by atoms with Crippen molar-refractivity contribution in [3.63, 3.8) is 0 Å². The molecule has 2 amide bonds. The van der Waals surface area contributed by atoms with E-state index in [1.54, 1.807) is 4.40 Å². The van der Waals surface area contributed by atoms with Gasteiger partial charge in [-0.1, -0.05) is 31.4 Å². The number of carbonyl (C=O) groups excluding carboxylic acids is 2. The largest absolute Gasteiger partial charge is 0.338 e. The Balaban J connectivity index is 1.78. The molecule has 1 aliphatic carbocycles. The summed E-state index contributed by atoms with van der Waals surface area (Å²) in [5.74, 6) is -0.585. The van der Waals surface area contributed by atoms with E-state index in [-0.39, 0.29) is 29.0 Å². The Kier molecular flexibility index (Phi) is 2.84. The average Bonchev–Trinajstić information content (AvgIpc) is 3.23. The first-order valence-corrected chi connectivity index (χ1v) is 8.65. The van der Waals surface area contributed by atoms with Crippen LogP contribution < -0.4 is 0 Å². The van der Waals surface area contributed by atoms with E-state index < -0.39 is 0 Å². The van der Waals surface area contributed by atoms with Gasteiger partial charge in [-0.3, -0.25) is 18.9 Å². The fraction of sp³-hybridized carbons (Fsp3) is 0.316. The first-order valence-electron chi connectivity index (χ1n) is 8.65. The smallest absolute Gasteiger partial charge is 0.278 e. The Morgan fingerprint density at radius 3 is 2.60 bits per heavy atom. The third-order valence-corrected chi connectivity index (χ3v) is 5.47. The van der Waals surface area contributed by atoms with Gasteiger partial charge in [0.1, 0.15) is 23.0 Å². The number of fused-ring (bicyclic) bond motifs is 5. The van der Waals surface area contributed by atoms with Crippen molar-refractivity contribution in [2.24, 2.45) is 0 Å². The minimum Gasteiger partial charge on any atom is -0.338 e. The highest BCUT2D eigenvalue weighted by Crippen LogP contribution is 2.37. The number of amides is 2. The van der Waals surface area contributed by atoms with Crippen LogP contribution in [0.4, 0.5) is 0 Å². The summed E-state index contributed by atoms with van der Waals surface area (Å²) in [5, 5.41) is 9.65. The van der Waals surface area contributed by atoms with E-state index >= 15 is 0 Å². The molecule has 6 nitrogen and oxygen atoms in total. The highest BCUT2D eigenvalue weighted by Gasteiger charge is 2.45. The van der Waals surface area contributed by atoms with Gasteiger partial charge in [0.15, 0.2) is 0 Å². The van der Waals surface area contributed by atoms with Crippen molar-refractivity contribution < 1.29 is 9.59 Å². The summed E-state index contributed by atoms with van der Waals surface area (Å²) in [6.07, 6.45) is 4.92. The van der Waals surface area contributed by atoms with Gasteiger partial charge in [0.05, 0.1) is 16.6 Å². The number of hydrogen-bond donors (Lipinski definition) is 1. The van der Waals surface area contributed by atoms with Gasteiger partial charge < -0.3 is 4.98 Å². The maximum absolute atomic E-state index is 13.2. The Bertz CT molecular complexity index is 1090. The second kappa shape index (κ2) is 4.96. The van der Waals surface area contributed by atoms with Crippen LogP contribution in [0.25, 0.3) is 16.7 Å². The molecule has 2 aromatic heterocycles. The number of nitrogens with one attached hydrogen (secondary N) is 1. The minimum atomic E-state index is -0.315. The summed E-state index contributed by atoms with van der Waals surface area (Å²) < 4.78 is 1.74. The second-order valence-corrected chi connectivity index (χ2v) is 6.81. The number of H-pyrrole nitrogens is 1. The van der Waals surface area contributed by atoms with Gasteiger partial charge in [0, 0.05) is 6.04 Å². The van der Waals surface area contributed by atoms with Gasteiger partial charge in [-0.2, -0.15) is 5.26 Å². The Morgan fingerprint density at radius 2 is 1.84 bits per heavy atom. The van der Waals surface area contributed by atoms with Crippen LogP contribution in [0.15, 0.2) is 24.3 Å². The lowest BCUT2D eigenvalue weighted by Crippen LogP contribution is -2.41. The number of carbonyl (C=O) groups is 2.